The number of hydrogen-bond acceptors (Lipinski definition) is 3. The van der Waals surface area contributed by atoms with Gasteiger partial charge in [0, 0.05) is 49.5 Å². The van der Waals surface area contributed by atoms with Gasteiger partial charge in [0.1, 0.15) is 29.6 Å². The number of hydrogen-bond donors (Lipinski definition) is 0. The molecule has 29 heavy (non-hydrogen) atoms. The van der Waals surface area contributed by atoms with E-state index in [1.165, 1.54) is 12.7 Å². The Kier molecular flexibility index (Phi) is 5.46. The molecule has 1 aromatic rings. The second-order valence-corrected chi connectivity index (χ2v) is 8.36. The topological polar surface area (TPSA) is 47.8 Å². The molecule has 0 spiro atoms. The minimum absolute atomic E-state index is 0.0635. The molecule has 1 atom stereocenters. The SMILES string of the molecule is CC(C)[N+](C=O)(c1ccc(Cn2ccc3ncnc-3c2)c(F)c1)C1CCCCC1. The molecule has 6 heteroatoms. The van der Waals surface area contributed by atoms with Crippen molar-refractivity contribution in [2.24, 2.45) is 0 Å². The molecular formula is C23H28FN4O+. The lowest BCUT2D eigenvalue weighted by molar-refractivity contribution is -0.121. The number of amides is 1. The van der Waals surface area contributed by atoms with Crippen LogP contribution in [0.4, 0.5) is 10.1 Å². The summed E-state index contributed by atoms with van der Waals surface area (Å²) < 4.78 is 17.2. The second-order valence-electron chi connectivity index (χ2n) is 8.36. The van der Waals surface area contributed by atoms with Crippen LogP contribution in [0.1, 0.15) is 51.5 Å². The summed E-state index contributed by atoms with van der Waals surface area (Å²) in [5.74, 6) is -0.274. The number of halogens is 1. The molecular weight excluding hydrogens is 367 g/mol. The highest BCUT2D eigenvalue weighted by Crippen LogP contribution is 2.36. The third-order valence-electron chi connectivity index (χ3n) is 6.41. The van der Waals surface area contributed by atoms with E-state index in [1.54, 1.807) is 6.07 Å². The molecule has 1 aliphatic carbocycles. The lowest BCUT2D eigenvalue weighted by Crippen LogP contribution is -2.60. The molecule has 4 rings (SSSR count). The van der Waals surface area contributed by atoms with Gasteiger partial charge in [-0.3, -0.25) is 0 Å². The van der Waals surface area contributed by atoms with E-state index >= 15 is 4.39 Å². The fourth-order valence-electron chi connectivity index (χ4n) is 4.79. The van der Waals surface area contributed by atoms with Gasteiger partial charge < -0.3 is 4.57 Å². The molecule has 0 radical (unpaired) electrons. The number of quaternary nitrogens is 1. The zero-order chi connectivity index (χ0) is 20.4. The molecule has 1 fully saturated rings. The summed E-state index contributed by atoms with van der Waals surface area (Å²) in [5.41, 5.74) is 2.97. The molecule has 3 aliphatic rings. The minimum atomic E-state index is -0.274. The first kappa shape index (κ1) is 19.7. The summed E-state index contributed by atoms with van der Waals surface area (Å²) >= 11 is 0. The van der Waals surface area contributed by atoms with Crippen LogP contribution in [0.2, 0.25) is 0 Å². The standard InChI is InChI=1S/C23H28FN4O/c1-17(2)28(16-29,19-6-4-3-5-7-19)20-9-8-18(21(24)12-20)13-27-11-10-22-23(14-27)26-15-25-22/h8-12,14-17,19H,3-7,13H2,1-2H3/q+1. The van der Waals surface area contributed by atoms with Crippen molar-refractivity contribution in [3.8, 4) is 11.4 Å². The quantitative estimate of drug-likeness (QED) is 0.446. The molecule has 0 N–H and O–H groups in total. The van der Waals surface area contributed by atoms with E-state index in [1.807, 2.05) is 35.2 Å². The number of fused-ring (bicyclic) bond motifs is 1. The van der Waals surface area contributed by atoms with Crippen molar-refractivity contribution in [2.45, 2.75) is 64.6 Å². The van der Waals surface area contributed by atoms with Gasteiger partial charge in [0.25, 0.3) is 0 Å². The van der Waals surface area contributed by atoms with Gasteiger partial charge in [-0.15, -0.1) is 0 Å². The van der Waals surface area contributed by atoms with Crippen molar-refractivity contribution in [3.63, 3.8) is 0 Å². The van der Waals surface area contributed by atoms with Gasteiger partial charge in [-0.25, -0.2) is 23.6 Å². The van der Waals surface area contributed by atoms with Gasteiger partial charge in [0.15, 0.2) is 0 Å². The zero-order valence-corrected chi connectivity index (χ0v) is 17.1. The van der Waals surface area contributed by atoms with Gasteiger partial charge in [-0.05, 0) is 38.8 Å². The van der Waals surface area contributed by atoms with E-state index in [0.717, 1.165) is 49.2 Å². The summed E-state index contributed by atoms with van der Waals surface area (Å²) in [7, 11) is 0. The molecule has 1 aromatic carbocycles. The van der Waals surface area contributed by atoms with Crippen molar-refractivity contribution in [2.75, 3.05) is 0 Å². The smallest absolute Gasteiger partial charge is 0.307 e. The number of nitrogens with zero attached hydrogens (tertiary/aromatic N) is 4. The number of benzene rings is 1. The maximum atomic E-state index is 15.1. The molecule has 1 saturated carbocycles. The summed E-state index contributed by atoms with van der Waals surface area (Å²) in [6.45, 7) is 4.52. The molecule has 2 aliphatic heterocycles. The minimum Gasteiger partial charge on any atom is -0.347 e. The number of imidazole rings is 1. The van der Waals surface area contributed by atoms with E-state index in [9.17, 15) is 4.79 Å². The number of rotatable bonds is 6. The Hall–Kier alpha value is -2.60. The highest BCUT2D eigenvalue weighted by molar-refractivity contribution is 5.71. The van der Waals surface area contributed by atoms with E-state index in [2.05, 4.69) is 23.8 Å². The first-order valence-corrected chi connectivity index (χ1v) is 10.4. The van der Waals surface area contributed by atoms with E-state index in [4.69, 9.17) is 0 Å². The van der Waals surface area contributed by atoms with E-state index < -0.39 is 0 Å². The van der Waals surface area contributed by atoms with Gasteiger partial charge >= 0.3 is 6.41 Å². The largest absolute Gasteiger partial charge is 0.347 e. The molecule has 0 bridgehead atoms. The fourth-order valence-corrected chi connectivity index (χ4v) is 4.79. The molecule has 1 amide bonds. The first-order valence-electron chi connectivity index (χ1n) is 10.4. The Morgan fingerprint density at radius 2 is 1.93 bits per heavy atom. The van der Waals surface area contributed by atoms with Gasteiger partial charge in [0.2, 0.25) is 0 Å². The number of pyridine rings is 1. The average molecular weight is 396 g/mol. The third kappa shape index (κ3) is 3.57. The van der Waals surface area contributed by atoms with Crippen LogP contribution in [0.25, 0.3) is 11.4 Å². The van der Waals surface area contributed by atoms with Crippen LogP contribution < -0.4 is 4.48 Å². The van der Waals surface area contributed by atoms with Crippen LogP contribution in [0.15, 0.2) is 43.0 Å². The third-order valence-corrected chi connectivity index (χ3v) is 6.41. The van der Waals surface area contributed by atoms with Crippen LogP contribution in [0.3, 0.4) is 0 Å². The zero-order valence-electron chi connectivity index (χ0n) is 17.1. The van der Waals surface area contributed by atoms with Crippen molar-refractivity contribution >= 4 is 12.1 Å². The van der Waals surface area contributed by atoms with Crippen molar-refractivity contribution in [1.82, 2.24) is 19.0 Å². The Labute approximate surface area is 171 Å². The van der Waals surface area contributed by atoms with E-state index in [0.29, 0.717) is 12.1 Å². The predicted molar refractivity (Wildman–Crippen MR) is 112 cm³/mol. The monoisotopic (exact) mass is 395 g/mol. The lowest BCUT2D eigenvalue weighted by atomic mass is 9.90. The maximum absolute atomic E-state index is 15.1. The van der Waals surface area contributed by atoms with Crippen molar-refractivity contribution in [1.29, 1.82) is 0 Å². The van der Waals surface area contributed by atoms with Crippen LogP contribution in [-0.4, -0.2) is 33.0 Å². The normalized spacial score (nSPS) is 17.5. The molecule has 2 heterocycles. The molecule has 0 aromatic heterocycles. The average Bonchev–Trinajstić information content (AvgIpc) is 3.19. The number of aromatic nitrogens is 3. The van der Waals surface area contributed by atoms with Crippen molar-refractivity contribution < 1.29 is 9.18 Å². The van der Waals surface area contributed by atoms with Crippen molar-refractivity contribution in [3.05, 3.63) is 54.4 Å². The predicted octanol–water partition coefficient (Wildman–Crippen LogP) is 4.78. The van der Waals surface area contributed by atoms with Crippen LogP contribution in [0.5, 0.6) is 0 Å². The number of carbonyl (C=O) groups is 1. The van der Waals surface area contributed by atoms with Gasteiger partial charge in [-0.2, -0.15) is 0 Å². The Bertz CT molecular complexity index is 963. The highest BCUT2D eigenvalue weighted by atomic mass is 19.1. The highest BCUT2D eigenvalue weighted by Gasteiger charge is 2.43. The summed E-state index contributed by atoms with van der Waals surface area (Å²) in [4.78, 5) is 20.8. The van der Waals surface area contributed by atoms with Crippen LogP contribution in [0, 0.1) is 5.82 Å². The second kappa shape index (κ2) is 8.03. The van der Waals surface area contributed by atoms with Gasteiger partial charge in [0.05, 0.1) is 11.7 Å². The molecule has 0 saturated heterocycles. The van der Waals surface area contributed by atoms with E-state index in [-0.39, 0.29) is 22.4 Å². The summed E-state index contributed by atoms with van der Waals surface area (Å²) in [6, 6.07) is 7.49. The Morgan fingerprint density at radius 1 is 1.17 bits per heavy atom. The number of carbonyl (C=O) groups excluding carboxylic acids is 1. The lowest BCUT2D eigenvalue weighted by Gasteiger charge is -2.43. The fraction of sp³-hybridized carbons (Fsp3) is 0.435. The van der Waals surface area contributed by atoms with Crippen LogP contribution in [-0.2, 0) is 11.3 Å². The Morgan fingerprint density at radius 3 is 2.62 bits per heavy atom. The first-order chi connectivity index (χ1) is 14.0. The summed E-state index contributed by atoms with van der Waals surface area (Å²) in [5, 5.41) is 0. The summed E-state index contributed by atoms with van der Waals surface area (Å²) in [6.07, 6.45) is 11.8. The maximum Gasteiger partial charge on any atom is 0.307 e. The Balaban J connectivity index is 1.65. The molecule has 152 valence electrons. The van der Waals surface area contributed by atoms with Crippen LogP contribution >= 0.6 is 0 Å². The van der Waals surface area contributed by atoms with Gasteiger partial charge in [-0.1, -0.05) is 6.42 Å². The molecule has 1 unspecified atom stereocenters. The molecule has 5 nitrogen and oxygen atoms in total.